The van der Waals surface area contributed by atoms with Gasteiger partial charge in [0.15, 0.2) is 5.82 Å². The average molecular weight is 425 g/mol. The number of fused-ring (bicyclic) bond motifs is 1. The van der Waals surface area contributed by atoms with Crippen molar-refractivity contribution in [1.29, 1.82) is 0 Å². The van der Waals surface area contributed by atoms with Gasteiger partial charge in [-0.25, -0.2) is 0 Å². The van der Waals surface area contributed by atoms with Crippen molar-refractivity contribution in [3.63, 3.8) is 0 Å². The van der Waals surface area contributed by atoms with E-state index < -0.39 is 6.04 Å². The van der Waals surface area contributed by atoms with Gasteiger partial charge in [-0.1, -0.05) is 43.9 Å². The molecule has 0 spiro atoms. The first kappa shape index (κ1) is 21.6. The zero-order chi connectivity index (χ0) is 22.0. The van der Waals surface area contributed by atoms with Gasteiger partial charge in [-0.05, 0) is 37.8 Å². The molecule has 1 aromatic carbocycles. The first-order valence-corrected chi connectivity index (χ1v) is 11.1. The average Bonchev–Trinajstić information content (AvgIpc) is 3.48. The van der Waals surface area contributed by atoms with E-state index in [1.165, 1.54) is 12.8 Å². The number of carbonyl (C=O) groups excluding carboxylic acids is 2. The van der Waals surface area contributed by atoms with Gasteiger partial charge in [-0.15, -0.1) is 0 Å². The third-order valence-electron chi connectivity index (χ3n) is 6.55. The molecule has 2 amide bonds. The van der Waals surface area contributed by atoms with Gasteiger partial charge in [0.2, 0.25) is 5.91 Å². The molecular formula is C24H32N4O3. The number of anilines is 1. The molecule has 0 bridgehead atoms. The van der Waals surface area contributed by atoms with Crippen molar-refractivity contribution in [2.75, 3.05) is 12.4 Å². The minimum absolute atomic E-state index is 0.0545. The van der Waals surface area contributed by atoms with E-state index in [2.05, 4.69) is 10.4 Å². The summed E-state index contributed by atoms with van der Waals surface area (Å²) in [6.45, 7) is 5.03. The molecular weight excluding hydrogens is 392 g/mol. The highest BCUT2D eigenvalue weighted by molar-refractivity contribution is 6.03. The largest absolute Gasteiger partial charge is 0.377 e. The maximum atomic E-state index is 13.4. The van der Waals surface area contributed by atoms with Crippen LogP contribution < -0.4 is 5.32 Å². The second-order valence-corrected chi connectivity index (χ2v) is 9.34. The highest BCUT2D eigenvalue weighted by Crippen LogP contribution is 2.33. The maximum absolute atomic E-state index is 13.4. The summed E-state index contributed by atoms with van der Waals surface area (Å²) in [5.74, 6) is 0.759. The Morgan fingerprint density at radius 1 is 1.26 bits per heavy atom. The fraction of sp³-hybridized carbons (Fsp3) is 0.542. The van der Waals surface area contributed by atoms with E-state index in [0.29, 0.717) is 36.8 Å². The number of rotatable bonds is 8. The fourth-order valence-corrected chi connectivity index (χ4v) is 4.65. The number of benzene rings is 1. The first-order chi connectivity index (χ1) is 14.9. The van der Waals surface area contributed by atoms with Crippen LogP contribution in [0, 0.1) is 5.92 Å². The van der Waals surface area contributed by atoms with Gasteiger partial charge in [0.25, 0.3) is 5.91 Å². The fourth-order valence-electron chi connectivity index (χ4n) is 4.65. The van der Waals surface area contributed by atoms with Gasteiger partial charge >= 0.3 is 0 Å². The summed E-state index contributed by atoms with van der Waals surface area (Å²) < 4.78 is 7.23. The van der Waals surface area contributed by atoms with Gasteiger partial charge in [-0.3, -0.25) is 14.3 Å². The molecule has 7 nitrogen and oxygen atoms in total. The van der Waals surface area contributed by atoms with Gasteiger partial charge in [-0.2, -0.15) is 5.10 Å². The number of hydrogen-bond donors (Lipinski definition) is 1. The van der Waals surface area contributed by atoms with E-state index in [0.717, 1.165) is 18.4 Å². The number of nitrogens with zero attached hydrogens (tertiary/aromatic N) is 3. The number of methoxy groups -OCH3 is 1. The van der Waals surface area contributed by atoms with E-state index in [1.54, 1.807) is 22.8 Å². The SMILES string of the molecule is COC(C)(C)Cn1ccc(NC(=O)C(CC2CCCC2)N2Cc3ccccc3C2=O)n1. The molecule has 2 aromatic rings. The second-order valence-electron chi connectivity index (χ2n) is 9.34. The van der Waals surface area contributed by atoms with Crippen molar-refractivity contribution in [1.82, 2.24) is 14.7 Å². The monoisotopic (exact) mass is 424 g/mol. The lowest BCUT2D eigenvalue weighted by atomic mass is 9.96. The summed E-state index contributed by atoms with van der Waals surface area (Å²) >= 11 is 0. The van der Waals surface area contributed by atoms with Crippen LogP contribution in [0.25, 0.3) is 0 Å². The highest BCUT2D eigenvalue weighted by Gasteiger charge is 2.38. The number of nitrogens with one attached hydrogen (secondary N) is 1. The summed E-state index contributed by atoms with van der Waals surface area (Å²) in [5, 5.41) is 7.44. The van der Waals surface area contributed by atoms with Gasteiger partial charge < -0.3 is 15.0 Å². The molecule has 0 radical (unpaired) electrons. The third-order valence-corrected chi connectivity index (χ3v) is 6.55. The van der Waals surface area contributed by atoms with E-state index in [-0.39, 0.29) is 17.4 Å². The van der Waals surface area contributed by atoms with Crippen molar-refractivity contribution in [2.45, 2.75) is 70.7 Å². The summed E-state index contributed by atoms with van der Waals surface area (Å²) in [7, 11) is 1.67. The molecule has 1 unspecified atom stereocenters. The molecule has 2 heterocycles. The predicted molar refractivity (Wildman–Crippen MR) is 119 cm³/mol. The minimum atomic E-state index is -0.497. The molecule has 1 aromatic heterocycles. The van der Waals surface area contributed by atoms with Crippen LogP contribution in [0.15, 0.2) is 36.5 Å². The molecule has 1 atom stereocenters. The molecule has 166 valence electrons. The van der Waals surface area contributed by atoms with E-state index in [9.17, 15) is 9.59 Å². The van der Waals surface area contributed by atoms with Gasteiger partial charge in [0.1, 0.15) is 6.04 Å². The molecule has 7 heteroatoms. The van der Waals surface area contributed by atoms with Crippen LogP contribution in [0.2, 0.25) is 0 Å². The Balaban J connectivity index is 1.50. The van der Waals surface area contributed by atoms with Crippen molar-refractivity contribution in [2.24, 2.45) is 5.92 Å². The smallest absolute Gasteiger partial charge is 0.255 e. The van der Waals surface area contributed by atoms with Crippen LogP contribution in [-0.2, 0) is 22.6 Å². The second kappa shape index (κ2) is 8.83. The molecule has 1 fully saturated rings. The quantitative estimate of drug-likeness (QED) is 0.698. The predicted octanol–water partition coefficient (Wildman–Crippen LogP) is 3.85. The molecule has 2 aliphatic rings. The zero-order valence-electron chi connectivity index (χ0n) is 18.6. The Labute approximate surface area is 183 Å². The van der Waals surface area contributed by atoms with Gasteiger partial charge in [0, 0.05) is 31.5 Å². The molecule has 0 saturated heterocycles. The summed E-state index contributed by atoms with van der Waals surface area (Å²) in [4.78, 5) is 28.2. The minimum Gasteiger partial charge on any atom is -0.377 e. The Morgan fingerprint density at radius 3 is 2.71 bits per heavy atom. The van der Waals surface area contributed by atoms with Crippen molar-refractivity contribution < 1.29 is 14.3 Å². The molecule has 1 N–H and O–H groups in total. The molecule has 31 heavy (non-hydrogen) atoms. The number of hydrogen-bond acceptors (Lipinski definition) is 4. The Hall–Kier alpha value is -2.67. The number of amides is 2. The number of aromatic nitrogens is 2. The lowest BCUT2D eigenvalue weighted by molar-refractivity contribution is -0.121. The Bertz CT molecular complexity index is 946. The van der Waals surface area contributed by atoms with Crippen molar-refractivity contribution in [3.8, 4) is 0 Å². The van der Waals surface area contributed by atoms with Crippen LogP contribution in [-0.4, -0.2) is 45.2 Å². The van der Waals surface area contributed by atoms with E-state index >= 15 is 0 Å². The zero-order valence-corrected chi connectivity index (χ0v) is 18.6. The topological polar surface area (TPSA) is 76.5 Å². The first-order valence-electron chi connectivity index (χ1n) is 11.1. The van der Waals surface area contributed by atoms with Gasteiger partial charge in [0.05, 0.1) is 12.1 Å². The maximum Gasteiger partial charge on any atom is 0.255 e. The van der Waals surface area contributed by atoms with E-state index in [1.807, 2.05) is 44.3 Å². The number of ether oxygens (including phenoxy) is 1. The third kappa shape index (κ3) is 4.82. The van der Waals surface area contributed by atoms with Crippen molar-refractivity contribution in [3.05, 3.63) is 47.7 Å². The molecule has 4 rings (SSSR count). The highest BCUT2D eigenvalue weighted by atomic mass is 16.5. The lowest BCUT2D eigenvalue weighted by Crippen LogP contribution is -2.45. The Morgan fingerprint density at radius 2 is 2.00 bits per heavy atom. The molecule has 1 aliphatic heterocycles. The molecule has 1 saturated carbocycles. The summed E-state index contributed by atoms with van der Waals surface area (Å²) in [6, 6.07) is 8.93. The van der Waals surface area contributed by atoms with Crippen LogP contribution in [0.4, 0.5) is 5.82 Å². The van der Waals surface area contributed by atoms with Crippen LogP contribution in [0.5, 0.6) is 0 Å². The van der Waals surface area contributed by atoms with Crippen molar-refractivity contribution >= 4 is 17.6 Å². The summed E-state index contributed by atoms with van der Waals surface area (Å²) in [5.41, 5.74) is 1.34. The van der Waals surface area contributed by atoms with E-state index in [4.69, 9.17) is 4.74 Å². The normalized spacial score (nSPS) is 17.8. The lowest BCUT2D eigenvalue weighted by Gasteiger charge is -2.28. The Kier molecular flexibility index (Phi) is 6.14. The van der Waals surface area contributed by atoms with Crippen LogP contribution >= 0.6 is 0 Å². The standard InChI is InChI=1S/C24H32N4O3/c1-24(2,31-3)16-27-13-12-21(26-27)25-22(29)20(14-17-8-4-5-9-17)28-15-18-10-6-7-11-19(18)23(28)30/h6-7,10-13,17,20H,4-5,8-9,14-16H2,1-3H3,(H,25,26,29). The van der Waals surface area contributed by atoms with Crippen LogP contribution in [0.3, 0.4) is 0 Å². The number of carbonyl (C=O) groups is 2. The summed E-state index contributed by atoms with van der Waals surface area (Å²) in [6.07, 6.45) is 7.18. The van der Waals surface area contributed by atoms with Crippen LogP contribution in [0.1, 0.15) is 61.9 Å². The molecule has 1 aliphatic carbocycles.